The third kappa shape index (κ3) is 9.15. The Balaban J connectivity index is 4.40. The molecule has 0 spiro atoms. The second kappa shape index (κ2) is 14.5. The summed E-state index contributed by atoms with van der Waals surface area (Å²) in [5.41, 5.74) is 0. The third-order valence-corrected chi connectivity index (χ3v) is 4.56. The predicted molar refractivity (Wildman–Crippen MR) is 97.3 cm³/mol. The monoisotopic (exact) mass is 314 g/mol. The number of unbranched alkanes of at least 4 members (excludes halogenated alkanes) is 6. The maximum Gasteiger partial charge on any atom is 0.170 e. The molecule has 0 bridgehead atoms. The summed E-state index contributed by atoms with van der Waals surface area (Å²) < 4.78 is 12.4. The van der Waals surface area contributed by atoms with Gasteiger partial charge in [-0.25, -0.2) is 0 Å². The van der Waals surface area contributed by atoms with Crippen LogP contribution in [0.25, 0.3) is 0 Å². The van der Waals surface area contributed by atoms with Crippen LogP contribution < -0.4 is 0 Å². The Morgan fingerprint density at radius 2 is 1.36 bits per heavy atom. The van der Waals surface area contributed by atoms with Gasteiger partial charge in [0.1, 0.15) is 0 Å². The first-order valence-electron chi connectivity index (χ1n) is 9.94. The van der Waals surface area contributed by atoms with E-state index in [2.05, 4.69) is 34.6 Å². The SMILES string of the molecule is CCCCCCCCC(C)C(CCCC)(OCC)OCCC. The quantitative estimate of drug-likeness (QED) is 0.232. The molecule has 0 aliphatic heterocycles. The average molecular weight is 315 g/mol. The van der Waals surface area contributed by atoms with E-state index in [-0.39, 0.29) is 5.79 Å². The molecule has 0 aliphatic rings. The first-order chi connectivity index (χ1) is 10.7. The number of hydrogen-bond acceptors (Lipinski definition) is 2. The summed E-state index contributed by atoms with van der Waals surface area (Å²) in [6.07, 6.45) is 13.9. The van der Waals surface area contributed by atoms with Crippen molar-refractivity contribution in [1.82, 2.24) is 0 Å². The van der Waals surface area contributed by atoms with Crippen LogP contribution in [-0.2, 0) is 9.47 Å². The lowest BCUT2D eigenvalue weighted by Gasteiger charge is -2.39. The van der Waals surface area contributed by atoms with E-state index >= 15 is 0 Å². The standard InChI is InChI=1S/C20H42O2/c1-6-10-12-13-14-15-16-19(5)20(21-9-4,17-11-7-2)22-18-8-3/h19H,6-18H2,1-5H3. The van der Waals surface area contributed by atoms with E-state index < -0.39 is 0 Å². The molecule has 0 aromatic heterocycles. The predicted octanol–water partition coefficient (Wildman–Crippen LogP) is 6.72. The summed E-state index contributed by atoms with van der Waals surface area (Å²) in [6.45, 7) is 12.7. The maximum atomic E-state index is 6.26. The molecule has 2 heteroatoms. The summed E-state index contributed by atoms with van der Waals surface area (Å²) in [6, 6.07) is 0. The average Bonchev–Trinajstić information content (AvgIpc) is 2.53. The van der Waals surface area contributed by atoms with E-state index in [0.717, 1.165) is 26.1 Å². The van der Waals surface area contributed by atoms with Crippen molar-refractivity contribution in [3.63, 3.8) is 0 Å². The van der Waals surface area contributed by atoms with Crippen LogP contribution in [0, 0.1) is 5.92 Å². The topological polar surface area (TPSA) is 18.5 Å². The van der Waals surface area contributed by atoms with Crippen molar-refractivity contribution in [1.29, 1.82) is 0 Å². The van der Waals surface area contributed by atoms with E-state index in [1.807, 2.05) is 0 Å². The van der Waals surface area contributed by atoms with E-state index in [4.69, 9.17) is 9.47 Å². The molecule has 0 fully saturated rings. The van der Waals surface area contributed by atoms with Gasteiger partial charge in [-0.2, -0.15) is 0 Å². The molecule has 0 aromatic rings. The van der Waals surface area contributed by atoms with Crippen molar-refractivity contribution < 1.29 is 9.47 Å². The van der Waals surface area contributed by atoms with Crippen LogP contribution in [0.4, 0.5) is 0 Å². The molecule has 134 valence electrons. The minimum atomic E-state index is -0.343. The molecule has 22 heavy (non-hydrogen) atoms. The van der Waals surface area contributed by atoms with E-state index in [9.17, 15) is 0 Å². The smallest absolute Gasteiger partial charge is 0.170 e. The Kier molecular flexibility index (Phi) is 14.5. The van der Waals surface area contributed by atoms with Crippen molar-refractivity contribution in [3.8, 4) is 0 Å². The van der Waals surface area contributed by atoms with Crippen molar-refractivity contribution in [2.45, 2.75) is 111 Å². The summed E-state index contributed by atoms with van der Waals surface area (Å²) in [7, 11) is 0. The summed E-state index contributed by atoms with van der Waals surface area (Å²) in [4.78, 5) is 0. The molecule has 0 aliphatic carbocycles. The zero-order chi connectivity index (χ0) is 16.7. The highest BCUT2D eigenvalue weighted by Gasteiger charge is 2.36. The molecule has 0 rings (SSSR count). The van der Waals surface area contributed by atoms with Gasteiger partial charge >= 0.3 is 0 Å². The van der Waals surface area contributed by atoms with Crippen LogP contribution in [0.15, 0.2) is 0 Å². The van der Waals surface area contributed by atoms with Crippen molar-refractivity contribution in [2.24, 2.45) is 5.92 Å². The fourth-order valence-electron chi connectivity index (χ4n) is 3.11. The normalized spacial score (nSPS) is 15.7. The van der Waals surface area contributed by atoms with Crippen LogP contribution in [0.1, 0.15) is 105 Å². The number of rotatable bonds is 16. The minimum Gasteiger partial charge on any atom is -0.350 e. The molecular formula is C20H42O2. The van der Waals surface area contributed by atoms with Gasteiger partial charge in [-0.3, -0.25) is 0 Å². The molecule has 2 unspecified atom stereocenters. The molecular weight excluding hydrogens is 272 g/mol. The largest absolute Gasteiger partial charge is 0.350 e. The summed E-state index contributed by atoms with van der Waals surface area (Å²) in [5, 5.41) is 0. The Morgan fingerprint density at radius 3 is 1.95 bits per heavy atom. The van der Waals surface area contributed by atoms with E-state index in [1.54, 1.807) is 0 Å². The lowest BCUT2D eigenvalue weighted by Crippen LogP contribution is -2.43. The van der Waals surface area contributed by atoms with Gasteiger partial charge in [-0.15, -0.1) is 0 Å². The van der Waals surface area contributed by atoms with E-state index in [1.165, 1.54) is 57.8 Å². The minimum absolute atomic E-state index is 0.343. The van der Waals surface area contributed by atoms with Gasteiger partial charge in [0.05, 0.1) is 0 Å². The summed E-state index contributed by atoms with van der Waals surface area (Å²) >= 11 is 0. The second-order valence-electron chi connectivity index (χ2n) is 6.65. The van der Waals surface area contributed by atoms with E-state index in [0.29, 0.717) is 5.92 Å². The molecule has 0 N–H and O–H groups in total. The van der Waals surface area contributed by atoms with Gasteiger partial charge in [0.25, 0.3) is 0 Å². The van der Waals surface area contributed by atoms with Gasteiger partial charge in [0.15, 0.2) is 5.79 Å². The molecule has 0 saturated heterocycles. The molecule has 0 radical (unpaired) electrons. The lowest BCUT2D eigenvalue weighted by molar-refractivity contribution is -0.268. The van der Waals surface area contributed by atoms with Crippen molar-refractivity contribution in [3.05, 3.63) is 0 Å². The second-order valence-corrected chi connectivity index (χ2v) is 6.65. The molecule has 2 nitrogen and oxygen atoms in total. The van der Waals surface area contributed by atoms with Crippen LogP contribution in [0.2, 0.25) is 0 Å². The van der Waals surface area contributed by atoms with Gasteiger partial charge in [0.2, 0.25) is 0 Å². The highest BCUT2D eigenvalue weighted by Crippen LogP contribution is 2.33. The first-order valence-corrected chi connectivity index (χ1v) is 9.94. The van der Waals surface area contributed by atoms with Crippen LogP contribution in [0.5, 0.6) is 0 Å². The fourth-order valence-corrected chi connectivity index (χ4v) is 3.11. The van der Waals surface area contributed by atoms with Gasteiger partial charge in [0, 0.05) is 25.6 Å². The first kappa shape index (κ1) is 21.9. The molecule has 2 atom stereocenters. The highest BCUT2D eigenvalue weighted by molar-refractivity contribution is 4.77. The Hall–Kier alpha value is -0.0800. The molecule has 0 saturated carbocycles. The summed E-state index contributed by atoms with van der Waals surface area (Å²) in [5.74, 6) is 0.140. The van der Waals surface area contributed by atoms with Gasteiger partial charge in [-0.05, 0) is 26.2 Å². The van der Waals surface area contributed by atoms with Gasteiger partial charge < -0.3 is 9.47 Å². The maximum absolute atomic E-state index is 6.26. The third-order valence-electron chi connectivity index (χ3n) is 4.56. The zero-order valence-electron chi connectivity index (χ0n) is 16.1. The van der Waals surface area contributed by atoms with Crippen LogP contribution >= 0.6 is 0 Å². The van der Waals surface area contributed by atoms with Crippen LogP contribution in [0.3, 0.4) is 0 Å². The van der Waals surface area contributed by atoms with Gasteiger partial charge in [-0.1, -0.05) is 72.6 Å². The Morgan fingerprint density at radius 1 is 0.727 bits per heavy atom. The zero-order valence-corrected chi connectivity index (χ0v) is 16.1. The number of hydrogen-bond donors (Lipinski definition) is 0. The fraction of sp³-hybridized carbons (Fsp3) is 1.00. The molecule has 0 aromatic carbocycles. The Bertz CT molecular complexity index is 220. The molecule has 0 heterocycles. The van der Waals surface area contributed by atoms with Crippen molar-refractivity contribution >= 4 is 0 Å². The molecule has 0 amide bonds. The van der Waals surface area contributed by atoms with Crippen molar-refractivity contribution in [2.75, 3.05) is 13.2 Å². The highest BCUT2D eigenvalue weighted by atomic mass is 16.7. The lowest BCUT2D eigenvalue weighted by atomic mass is 9.89. The Labute approximate surface area is 140 Å². The number of ether oxygens (including phenoxy) is 2. The van der Waals surface area contributed by atoms with Crippen LogP contribution in [-0.4, -0.2) is 19.0 Å².